The van der Waals surface area contributed by atoms with E-state index in [1.54, 1.807) is 7.11 Å². The van der Waals surface area contributed by atoms with Crippen LogP contribution in [0.5, 0.6) is 11.5 Å². The van der Waals surface area contributed by atoms with E-state index in [0.29, 0.717) is 0 Å². The van der Waals surface area contributed by atoms with Crippen molar-refractivity contribution in [3.8, 4) is 11.5 Å². The second-order valence-corrected chi connectivity index (χ2v) is 6.75. The van der Waals surface area contributed by atoms with Crippen LogP contribution in [0.1, 0.15) is 4.88 Å². The lowest BCUT2D eigenvalue weighted by atomic mass is 10.3. The highest BCUT2D eigenvalue weighted by atomic mass is 32.1. The zero-order chi connectivity index (χ0) is 15.9. The summed E-state index contributed by atoms with van der Waals surface area (Å²) >= 11 is 1.85. The summed E-state index contributed by atoms with van der Waals surface area (Å²) in [5.41, 5.74) is 0. The Kier molecular flexibility index (Phi) is 5.91. The highest BCUT2D eigenvalue weighted by Crippen LogP contribution is 2.17. The summed E-state index contributed by atoms with van der Waals surface area (Å²) in [6.07, 6.45) is 0. The number of hydrogen-bond donors (Lipinski definition) is 0. The number of nitrogens with zero attached hydrogens (tertiary/aromatic N) is 2. The molecule has 23 heavy (non-hydrogen) atoms. The number of benzene rings is 1. The van der Waals surface area contributed by atoms with Crippen LogP contribution in [0.25, 0.3) is 0 Å². The van der Waals surface area contributed by atoms with E-state index >= 15 is 0 Å². The lowest BCUT2D eigenvalue weighted by molar-refractivity contribution is 0.113. The van der Waals surface area contributed by atoms with Gasteiger partial charge in [0.05, 0.1) is 7.11 Å². The zero-order valence-corrected chi connectivity index (χ0v) is 14.4. The van der Waals surface area contributed by atoms with E-state index < -0.39 is 0 Å². The van der Waals surface area contributed by atoms with Crippen molar-refractivity contribution in [1.82, 2.24) is 9.80 Å². The van der Waals surface area contributed by atoms with Crippen molar-refractivity contribution in [2.75, 3.05) is 46.4 Å². The number of hydrogen-bond acceptors (Lipinski definition) is 5. The van der Waals surface area contributed by atoms with Crippen LogP contribution in [0.3, 0.4) is 0 Å². The first-order chi connectivity index (χ1) is 11.3. The summed E-state index contributed by atoms with van der Waals surface area (Å²) in [6, 6.07) is 12.1. The molecule has 0 N–H and O–H groups in total. The van der Waals surface area contributed by atoms with Crippen molar-refractivity contribution in [2.45, 2.75) is 6.54 Å². The molecular weight excluding hydrogens is 308 g/mol. The average Bonchev–Trinajstić information content (AvgIpc) is 3.10. The Bertz CT molecular complexity index is 563. The van der Waals surface area contributed by atoms with E-state index in [9.17, 15) is 0 Å². The summed E-state index contributed by atoms with van der Waals surface area (Å²) < 4.78 is 11.0. The van der Waals surface area contributed by atoms with Crippen LogP contribution in [0.15, 0.2) is 41.8 Å². The van der Waals surface area contributed by atoms with Gasteiger partial charge in [0.25, 0.3) is 0 Å². The van der Waals surface area contributed by atoms with E-state index in [4.69, 9.17) is 9.47 Å². The van der Waals surface area contributed by atoms with Crippen molar-refractivity contribution >= 4 is 11.3 Å². The molecule has 3 rings (SSSR count). The third-order valence-electron chi connectivity index (χ3n) is 4.16. The van der Waals surface area contributed by atoms with Gasteiger partial charge in [-0.1, -0.05) is 6.07 Å². The molecule has 1 aromatic heterocycles. The third kappa shape index (κ3) is 4.96. The van der Waals surface area contributed by atoms with Crippen LogP contribution in [0.4, 0.5) is 0 Å². The van der Waals surface area contributed by atoms with Crippen LogP contribution in [-0.2, 0) is 6.54 Å². The van der Waals surface area contributed by atoms with Crippen LogP contribution in [0.2, 0.25) is 0 Å². The summed E-state index contributed by atoms with van der Waals surface area (Å²) in [4.78, 5) is 6.47. The van der Waals surface area contributed by atoms with Gasteiger partial charge < -0.3 is 9.47 Å². The number of ether oxygens (including phenoxy) is 2. The Balaban J connectivity index is 1.34. The van der Waals surface area contributed by atoms with E-state index in [2.05, 4.69) is 27.3 Å². The van der Waals surface area contributed by atoms with E-state index in [1.165, 1.54) is 4.88 Å². The summed E-state index contributed by atoms with van der Waals surface area (Å²) in [5.74, 6) is 1.77. The largest absolute Gasteiger partial charge is 0.497 e. The molecule has 0 atom stereocenters. The fourth-order valence-corrected chi connectivity index (χ4v) is 3.50. The summed E-state index contributed by atoms with van der Waals surface area (Å²) in [5, 5.41) is 2.15. The van der Waals surface area contributed by atoms with E-state index in [-0.39, 0.29) is 0 Å². The Labute approximate surface area is 142 Å². The molecular formula is C18H24N2O2S. The molecule has 0 bridgehead atoms. The minimum atomic E-state index is 0.733. The van der Waals surface area contributed by atoms with Crippen LogP contribution < -0.4 is 9.47 Å². The monoisotopic (exact) mass is 332 g/mol. The highest BCUT2D eigenvalue weighted by Gasteiger charge is 2.16. The molecule has 0 unspecified atom stereocenters. The van der Waals surface area contributed by atoms with Crippen molar-refractivity contribution in [3.63, 3.8) is 0 Å². The molecule has 0 radical (unpaired) electrons. The van der Waals surface area contributed by atoms with Crippen molar-refractivity contribution in [3.05, 3.63) is 46.7 Å². The third-order valence-corrected chi connectivity index (χ3v) is 5.02. The normalized spacial score (nSPS) is 16.4. The number of piperazine rings is 1. The summed E-state index contributed by atoms with van der Waals surface area (Å²) in [7, 11) is 1.67. The van der Waals surface area contributed by atoms with Gasteiger partial charge in [-0.15, -0.1) is 11.3 Å². The van der Waals surface area contributed by atoms with Gasteiger partial charge in [0.1, 0.15) is 18.1 Å². The molecule has 0 spiro atoms. The molecule has 5 heteroatoms. The highest BCUT2D eigenvalue weighted by molar-refractivity contribution is 7.09. The van der Waals surface area contributed by atoms with Crippen molar-refractivity contribution in [1.29, 1.82) is 0 Å². The van der Waals surface area contributed by atoms with Crippen molar-refractivity contribution < 1.29 is 9.47 Å². The number of thiophene rings is 1. The molecule has 1 aliphatic heterocycles. The predicted octanol–water partition coefficient (Wildman–Crippen LogP) is 2.95. The van der Waals surface area contributed by atoms with E-state index in [1.807, 2.05) is 35.6 Å². The quantitative estimate of drug-likeness (QED) is 0.778. The second-order valence-electron chi connectivity index (χ2n) is 5.72. The van der Waals surface area contributed by atoms with Crippen LogP contribution in [0, 0.1) is 0 Å². The Morgan fingerprint density at radius 2 is 1.65 bits per heavy atom. The van der Waals surface area contributed by atoms with E-state index in [0.717, 1.165) is 57.4 Å². The Morgan fingerprint density at radius 1 is 0.957 bits per heavy atom. The lowest BCUT2D eigenvalue weighted by Crippen LogP contribution is -2.46. The SMILES string of the molecule is COc1ccc(OCCN2CCN(Cc3cccs3)CC2)cc1. The molecule has 124 valence electrons. The maximum absolute atomic E-state index is 5.81. The lowest BCUT2D eigenvalue weighted by Gasteiger charge is -2.34. The molecule has 1 saturated heterocycles. The molecule has 0 aliphatic carbocycles. The van der Waals surface area contributed by atoms with Crippen LogP contribution in [-0.4, -0.2) is 56.2 Å². The molecule has 0 saturated carbocycles. The van der Waals surface area contributed by atoms with Gasteiger partial charge in [0, 0.05) is 44.1 Å². The molecule has 1 fully saturated rings. The molecule has 1 aliphatic rings. The second kappa shape index (κ2) is 8.34. The molecule has 2 aromatic rings. The van der Waals surface area contributed by atoms with Gasteiger partial charge in [-0.05, 0) is 35.7 Å². The first-order valence-electron chi connectivity index (χ1n) is 8.07. The maximum Gasteiger partial charge on any atom is 0.119 e. The maximum atomic E-state index is 5.81. The fourth-order valence-electron chi connectivity index (χ4n) is 2.76. The first kappa shape index (κ1) is 16.3. The minimum Gasteiger partial charge on any atom is -0.497 e. The number of rotatable bonds is 7. The van der Waals surface area contributed by atoms with Gasteiger partial charge in [-0.25, -0.2) is 0 Å². The van der Waals surface area contributed by atoms with Gasteiger partial charge in [-0.2, -0.15) is 0 Å². The molecule has 2 heterocycles. The molecule has 4 nitrogen and oxygen atoms in total. The topological polar surface area (TPSA) is 24.9 Å². The van der Waals surface area contributed by atoms with Gasteiger partial charge in [0.2, 0.25) is 0 Å². The standard InChI is InChI=1S/C18H24N2O2S/c1-21-16-4-6-17(7-5-16)22-13-12-19-8-10-20(11-9-19)15-18-3-2-14-23-18/h2-7,14H,8-13,15H2,1H3. The van der Waals surface area contributed by atoms with Gasteiger partial charge in [0.15, 0.2) is 0 Å². The minimum absolute atomic E-state index is 0.733. The smallest absolute Gasteiger partial charge is 0.119 e. The fraction of sp³-hybridized carbons (Fsp3) is 0.444. The Hall–Kier alpha value is -1.56. The average molecular weight is 332 g/mol. The number of methoxy groups -OCH3 is 1. The zero-order valence-electron chi connectivity index (χ0n) is 13.6. The van der Waals surface area contributed by atoms with Gasteiger partial charge >= 0.3 is 0 Å². The Morgan fingerprint density at radius 3 is 2.30 bits per heavy atom. The van der Waals surface area contributed by atoms with Gasteiger partial charge in [-0.3, -0.25) is 9.80 Å². The predicted molar refractivity (Wildman–Crippen MR) is 94.5 cm³/mol. The first-order valence-corrected chi connectivity index (χ1v) is 8.95. The molecule has 0 amide bonds. The molecule has 1 aromatic carbocycles. The van der Waals surface area contributed by atoms with Crippen LogP contribution >= 0.6 is 11.3 Å². The van der Waals surface area contributed by atoms with Crippen molar-refractivity contribution in [2.24, 2.45) is 0 Å². The summed E-state index contributed by atoms with van der Waals surface area (Å²) in [6.45, 7) is 7.33.